The molecule has 0 spiro atoms. The van der Waals surface area contributed by atoms with Crippen molar-refractivity contribution in [2.24, 2.45) is 0 Å². The van der Waals surface area contributed by atoms with E-state index in [9.17, 15) is 13.2 Å². The summed E-state index contributed by atoms with van der Waals surface area (Å²) < 4.78 is 37.4. The molecule has 0 atom stereocenters. The van der Waals surface area contributed by atoms with Crippen LogP contribution in [0.15, 0.2) is 30.3 Å². The number of hydrogen-bond acceptors (Lipinski definition) is 2. The Morgan fingerprint density at radius 1 is 1.06 bits per heavy atom. The molecule has 6 heteroatoms. The van der Waals surface area contributed by atoms with Crippen molar-refractivity contribution in [2.75, 3.05) is 0 Å². The number of hydrogen-bond donors (Lipinski definition) is 1. The fourth-order valence-electron chi connectivity index (χ4n) is 1.39. The van der Waals surface area contributed by atoms with Crippen LogP contribution >= 0.6 is 0 Å². The van der Waals surface area contributed by atoms with E-state index in [1.807, 2.05) is 5.21 Å². The summed E-state index contributed by atoms with van der Waals surface area (Å²) in [6, 6.07) is 8.83. The Labute approximate surface area is 89.3 Å². The number of aromatic nitrogens is 3. The van der Waals surface area contributed by atoms with Crippen LogP contribution < -0.4 is 0 Å². The van der Waals surface area contributed by atoms with Gasteiger partial charge >= 0.3 is 6.18 Å². The highest BCUT2D eigenvalue weighted by Crippen LogP contribution is 2.29. The fraction of sp³-hybridized carbons (Fsp3) is 0.200. The maximum absolute atomic E-state index is 12.5. The molecule has 1 aromatic carbocycles. The SMILES string of the molecule is FC(F)(F)c1n[nH]nc1Cc1ccccc1. The normalized spacial score (nSPS) is 11.7. The molecule has 16 heavy (non-hydrogen) atoms. The molecule has 0 aliphatic rings. The highest BCUT2D eigenvalue weighted by Gasteiger charge is 2.37. The van der Waals surface area contributed by atoms with Gasteiger partial charge in [-0.1, -0.05) is 30.3 Å². The molecule has 0 saturated heterocycles. The second-order valence-electron chi connectivity index (χ2n) is 3.28. The lowest BCUT2D eigenvalue weighted by Crippen LogP contribution is -2.09. The summed E-state index contributed by atoms with van der Waals surface area (Å²) in [4.78, 5) is 0. The summed E-state index contributed by atoms with van der Waals surface area (Å²) >= 11 is 0. The van der Waals surface area contributed by atoms with Gasteiger partial charge in [0, 0.05) is 6.42 Å². The zero-order valence-corrected chi connectivity index (χ0v) is 8.12. The maximum Gasteiger partial charge on any atom is 0.437 e. The number of H-pyrrole nitrogens is 1. The van der Waals surface area contributed by atoms with Crippen molar-refractivity contribution in [3.8, 4) is 0 Å². The largest absolute Gasteiger partial charge is 0.437 e. The van der Waals surface area contributed by atoms with E-state index in [1.165, 1.54) is 0 Å². The molecule has 3 nitrogen and oxygen atoms in total. The minimum Gasteiger partial charge on any atom is -0.197 e. The van der Waals surface area contributed by atoms with Crippen LogP contribution in [0.3, 0.4) is 0 Å². The van der Waals surface area contributed by atoms with Gasteiger partial charge in [0.2, 0.25) is 0 Å². The van der Waals surface area contributed by atoms with Gasteiger partial charge in [-0.2, -0.15) is 28.6 Å². The van der Waals surface area contributed by atoms with Crippen LogP contribution in [0, 0.1) is 0 Å². The molecule has 0 saturated carbocycles. The van der Waals surface area contributed by atoms with Crippen molar-refractivity contribution in [2.45, 2.75) is 12.6 Å². The van der Waals surface area contributed by atoms with Crippen LogP contribution in [-0.4, -0.2) is 15.4 Å². The number of aromatic amines is 1. The van der Waals surface area contributed by atoms with Crippen LogP contribution in [0.4, 0.5) is 13.2 Å². The molecule has 0 bridgehead atoms. The van der Waals surface area contributed by atoms with Gasteiger partial charge in [-0.3, -0.25) is 0 Å². The lowest BCUT2D eigenvalue weighted by atomic mass is 10.1. The van der Waals surface area contributed by atoms with Crippen LogP contribution in [0.2, 0.25) is 0 Å². The summed E-state index contributed by atoms with van der Waals surface area (Å²) in [5.74, 6) is 0. The summed E-state index contributed by atoms with van der Waals surface area (Å²) in [6.07, 6.45) is -4.34. The lowest BCUT2D eigenvalue weighted by Gasteiger charge is -2.04. The maximum atomic E-state index is 12.5. The summed E-state index contributed by atoms with van der Waals surface area (Å²) in [6.45, 7) is 0. The lowest BCUT2D eigenvalue weighted by molar-refractivity contribution is -0.141. The predicted molar refractivity (Wildman–Crippen MR) is 50.6 cm³/mol. The average Bonchev–Trinajstić information content (AvgIpc) is 2.67. The molecule has 2 rings (SSSR count). The Kier molecular flexibility index (Phi) is 2.64. The first kappa shape index (κ1) is 10.7. The third-order valence-corrected chi connectivity index (χ3v) is 2.10. The van der Waals surface area contributed by atoms with Gasteiger partial charge in [0.15, 0.2) is 5.69 Å². The number of halogens is 3. The third kappa shape index (κ3) is 2.21. The Bertz CT molecular complexity index is 462. The second kappa shape index (κ2) is 3.96. The van der Waals surface area contributed by atoms with Crippen molar-refractivity contribution >= 4 is 0 Å². The van der Waals surface area contributed by atoms with Crippen molar-refractivity contribution in [3.05, 3.63) is 47.3 Å². The number of rotatable bonds is 2. The molecule has 2 aromatic rings. The zero-order chi connectivity index (χ0) is 11.6. The molecular formula is C10H8F3N3. The van der Waals surface area contributed by atoms with Crippen molar-refractivity contribution in [1.82, 2.24) is 15.4 Å². The first-order valence-corrected chi connectivity index (χ1v) is 4.58. The van der Waals surface area contributed by atoms with Gasteiger partial charge in [-0.05, 0) is 5.56 Å². The Morgan fingerprint density at radius 3 is 2.38 bits per heavy atom. The molecule has 1 heterocycles. The standard InChI is InChI=1S/C10H8F3N3/c11-10(12,13)9-8(14-16-15-9)6-7-4-2-1-3-5-7/h1-5H,6H2,(H,14,15,16). The Morgan fingerprint density at radius 2 is 1.75 bits per heavy atom. The van der Waals surface area contributed by atoms with Gasteiger partial charge in [0.1, 0.15) is 0 Å². The third-order valence-electron chi connectivity index (χ3n) is 2.10. The number of alkyl halides is 3. The van der Waals surface area contributed by atoms with E-state index >= 15 is 0 Å². The van der Waals surface area contributed by atoms with E-state index in [0.717, 1.165) is 5.56 Å². The van der Waals surface area contributed by atoms with E-state index in [1.54, 1.807) is 30.3 Å². The molecule has 0 aliphatic carbocycles. The first-order chi connectivity index (χ1) is 7.57. The fourth-order valence-corrected chi connectivity index (χ4v) is 1.39. The van der Waals surface area contributed by atoms with E-state index in [2.05, 4.69) is 10.2 Å². The quantitative estimate of drug-likeness (QED) is 0.855. The molecule has 0 amide bonds. The van der Waals surface area contributed by atoms with E-state index in [0.29, 0.717) is 0 Å². The predicted octanol–water partition coefficient (Wildman–Crippen LogP) is 2.41. The Hall–Kier alpha value is -1.85. The van der Waals surface area contributed by atoms with Crippen molar-refractivity contribution in [1.29, 1.82) is 0 Å². The molecular weight excluding hydrogens is 219 g/mol. The van der Waals surface area contributed by atoms with Gasteiger partial charge in [-0.15, -0.1) is 0 Å². The zero-order valence-electron chi connectivity index (χ0n) is 8.12. The van der Waals surface area contributed by atoms with Crippen LogP contribution in [0.5, 0.6) is 0 Å². The molecule has 84 valence electrons. The summed E-state index contributed by atoms with van der Waals surface area (Å²) in [5, 5.41) is 8.65. The van der Waals surface area contributed by atoms with Crippen molar-refractivity contribution in [3.63, 3.8) is 0 Å². The van der Waals surface area contributed by atoms with Crippen LogP contribution in [0.25, 0.3) is 0 Å². The molecule has 1 aromatic heterocycles. The van der Waals surface area contributed by atoms with E-state index < -0.39 is 11.9 Å². The summed E-state index contributed by atoms with van der Waals surface area (Å²) in [7, 11) is 0. The monoisotopic (exact) mass is 227 g/mol. The van der Waals surface area contributed by atoms with Crippen LogP contribution in [0.1, 0.15) is 17.0 Å². The minimum atomic E-state index is -4.46. The Balaban J connectivity index is 2.26. The van der Waals surface area contributed by atoms with Gasteiger partial charge < -0.3 is 0 Å². The van der Waals surface area contributed by atoms with Gasteiger partial charge in [0.05, 0.1) is 5.69 Å². The van der Waals surface area contributed by atoms with Gasteiger partial charge in [0.25, 0.3) is 0 Å². The highest BCUT2D eigenvalue weighted by molar-refractivity contribution is 5.24. The topological polar surface area (TPSA) is 41.6 Å². The van der Waals surface area contributed by atoms with Crippen molar-refractivity contribution < 1.29 is 13.2 Å². The average molecular weight is 227 g/mol. The molecule has 0 fully saturated rings. The molecule has 0 radical (unpaired) electrons. The number of nitrogens with one attached hydrogen (secondary N) is 1. The second-order valence-corrected chi connectivity index (χ2v) is 3.28. The van der Waals surface area contributed by atoms with Crippen LogP contribution in [-0.2, 0) is 12.6 Å². The van der Waals surface area contributed by atoms with E-state index in [-0.39, 0.29) is 12.1 Å². The van der Waals surface area contributed by atoms with Gasteiger partial charge in [-0.25, -0.2) is 0 Å². The number of benzene rings is 1. The first-order valence-electron chi connectivity index (χ1n) is 4.58. The summed E-state index contributed by atoms with van der Waals surface area (Å²) in [5.41, 5.74) is -0.267. The van der Waals surface area contributed by atoms with E-state index in [4.69, 9.17) is 0 Å². The number of nitrogens with zero attached hydrogens (tertiary/aromatic N) is 2. The minimum absolute atomic E-state index is 0.0845. The highest BCUT2D eigenvalue weighted by atomic mass is 19.4. The molecule has 0 unspecified atom stereocenters. The molecule has 1 N–H and O–H groups in total. The smallest absolute Gasteiger partial charge is 0.197 e. The molecule has 0 aliphatic heterocycles.